The number of anilines is 2. The van der Waals surface area contributed by atoms with Gasteiger partial charge in [-0.1, -0.05) is 47.5 Å². The minimum absolute atomic E-state index is 0.261. The molecule has 154 valence electrons. The zero-order valence-electron chi connectivity index (χ0n) is 16.3. The van der Waals surface area contributed by atoms with Gasteiger partial charge in [0.2, 0.25) is 0 Å². The number of halogens is 2. The molecule has 1 aliphatic rings. The minimum atomic E-state index is -0.685. The summed E-state index contributed by atoms with van der Waals surface area (Å²) in [5.41, 5.74) is 1.70. The van der Waals surface area contributed by atoms with Gasteiger partial charge in [0.15, 0.2) is 5.82 Å². The number of urea groups is 1. The molecular weight excluding hydrogens is 425 g/mol. The summed E-state index contributed by atoms with van der Waals surface area (Å²) in [6.07, 6.45) is 0. The number of para-hydroxylation sites is 1. The molecule has 2 aromatic carbocycles. The van der Waals surface area contributed by atoms with Crippen LogP contribution in [-0.2, 0) is 12.1 Å². The third-order valence-electron chi connectivity index (χ3n) is 5.18. The maximum Gasteiger partial charge on any atom is 0.323 e. The van der Waals surface area contributed by atoms with Gasteiger partial charge in [-0.3, -0.25) is 9.89 Å². The van der Waals surface area contributed by atoms with Crippen LogP contribution in [0.4, 0.5) is 16.3 Å². The number of benzene rings is 2. The first-order chi connectivity index (χ1) is 14.3. The fourth-order valence-electron chi connectivity index (χ4n) is 3.51. The fourth-order valence-corrected chi connectivity index (χ4v) is 4.00. The number of hydrogen-bond donors (Lipinski definition) is 3. The van der Waals surface area contributed by atoms with Crippen molar-refractivity contribution in [3.63, 3.8) is 0 Å². The van der Waals surface area contributed by atoms with E-state index in [9.17, 15) is 9.59 Å². The van der Waals surface area contributed by atoms with Crippen LogP contribution < -0.4 is 10.6 Å². The van der Waals surface area contributed by atoms with Crippen LogP contribution in [0.5, 0.6) is 0 Å². The van der Waals surface area contributed by atoms with Crippen molar-refractivity contribution in [3.8, 4) is 0 Å². The lowest BCUT2D eigenvalue weighted by Crippen LogP contribution is -2.43. The van der Waals surface area contributed by atoms with Crippen molar-refractivity contribution in [1.29, 1.82) is 0 Å². The summed E-state index contributed by atoms with van der Waals surface area (Å²) in [7, 11) is 0. The average Bonchev–Trinajstić information content (AvgIpc) is 3.23. The summed E-state index contributed by atoms with van der Waals surface area (Å²) in [4.78, 5) is 27.2. The standard InChI is InChI=1S/C21H19Cl2N5O2/c1-21(2)17-13(18(27-26-17)25-19(29)12-7-4-3-5-8-12)11-28(21)20(30)24-16-14(22)9-6-10-15(16)23/h3-10H,11H2,1-2H3,(H,24,30)(H2,25,26,27,29). The van der Waals surface area contributed by atoms with Crippen LogP contribution in [0.3, 0.4) is 0 Å². The molecule has 0 saturated heterocycles. The van der Waals surface area contributed by atoms with Crippen LogP contribution in [0.15, 0.2) is 48.5 Å². The lowest BCUT2D eigenvalue weighted by atomic mass is 10.0. The molecule has 3 aromatic rings. The van der Waals surface area contributed by atoms with E-state index in [1.807, 2.05) is 19.9 Å². The predicted molar refractivity (Wildman–Crippen MR) is 117 cm³/mol. The van der Waals surface area contributed by atoms with Crippen molar-refractivity contribution in [1.82, 2.24) is 15.1 Å². The van der Waals surface area contributed by atoms with Crippen LogP contribution in [0.1, 0.15) is 35.5 Å². The molecule has 0 fully saturated rings. The number of nitrogens with one attached hydrogen (secondary N) is 3. The van der Waals surface area contributed by atoms with Gasteiger partial charge < -0.3 is 15.5 Å². The maximum atomic E-state index is 13.0. The van der Waals surface area contributed by atoms with E-state index in [0.717, 1.165) is 11.3 Å². The highest BCUT2D eigenvalue weighted by molar-refractivity contribution is 6.39. The van der Waals surface area contributed by atoms with Crippen LogP contribution in [0, 0.1) is 0 Å². The van der Waals surface area contributed by atoms with Gasteiger partial charge in [-0.2, -0.15) is 5.10 Å². The lowest BCUT2D eigenvalue weighted by molar-refractivity contribution is 0.102. The van der Waals surface area contributed by atoms with Gasteiger partial charge in [-0.25, -0.2) is 4.79 Å². The highest BCUT2D eigenvalue weighted by atomic mass is 35.5. The number of H-pyrrole nitrogens is 1. The molecule has 30 heavy (non-hydrogen) atoms. The van der Waals surface area contributed by atoms with Gasteiger partial charge >= 0.3 is 6.03 Å². The Balaban J connectivity index is 1.56. The highest BCUT2D eigenvalue weighted by Crippen LogP contribution is 2.41. The van der Waals surface area contributed by atoms with Crippen LogP contribution in [0.2, 0.25) is 10.0 Å². The average molecular weight is 444 g/mol. The molecule has 0 unspecified atom stereocenters. The zero-order valence-corrected chi connectivity index (χ0v) is 17.8. The van der Waals surface area contributed by atoms with Gasteiger partial charge in [0.25, 0.3) is 5.91 Å². The number of hydrogen-bond acceptors (Lipinski definition) is 3. The van der Waals surface area contributed by atoms with Crippen molar-refractivity contribution in [3.05, 3.63) is 75.4 Å². The van der Waals surface area contributed by atoms with E-state index in [-0.39, 0.29) is 18.5 Å². The summed E-state index contributed by atoms with van der Waals surface area (Å²) < 4.78 is 0. The molecule has 9 heteroatoms. The predicted octanol–water partition coefficient (Wildman–Crippen LogP) is 5.25. The van der Waals surface area contributed by atoms with Gasteiger partial charge in [0, 0.05) is 11.1 Å². The van der Waals surface area contributed by atoms with Crippen molar-refractivity contribution in [2.75, 3.05) is 10.6 Å². The van der Waals surface area contributed by atoms with Crippen molar-refractivity contribution in [2.45, 2.75) is 25.9 Å². The normalized spacial score (nSPS) is 14.3. The molecule has 0 spiro atoms. The Kier molecular flexibility index (Phi) is 5.17. The van der Waals surface area contributed by atoms with E-state index in [1.54, 1.807) is 47.4 Å². The third kappa shape index (κ3) is 3.51. The molecule has 0 saturated carbocycles. The summed E-state index contributed by atoms with van der Waals surface area (Å²) in [5.74, 6) is 0.131. The molecule has 1 aliphatic heterocycles. The topological polar surface area (TPSA) is 90.1 Å². The van der Waals surface area contributed by atoms with E-state index >= 15 is 0 Å². The monoisotopic (exact) mass is 443 g/mol. The van der Waals surface area contributed by atoms with E-state index < -0.39 is 5.54 Å². The van der Waals surface area contributed by atoms with Crippen molar-refractivity contribution >= 4 is 46.6 Å². The Labute approximate surface area is 183 Å². The van der Waals surface area contributed by atoms with E-state index in [0.29, 0.717) is 27.1 Å². The molecule has 3 N–H and O–H groups in total. The molecule has 0 atom stereocenters. The molecule has 1 aromatic heterocycles. The number of fused-ring (bicyclic) bond motifs is 1. The first-order valence-corrected chi connectivity index (χ1v) is 10.0. The summed E-state index contributed by atoms with van der Waals surface area (Å²) >= 11 is 12.4. The van der Waals surface area contributed by atoms with Crippen molar-refractivity contribution in [2.24, 2.45) is 0 Å². The number of carbonyl (C=O) groups is 2. The lowest BCUT2D eigenvalue weighted by Gasteiger charge is -2.32. The van der Waals surface area contributed by atoms with E-state index in [4.69, 9.17) is 23.2 Å². The molecule has 0 radical (unpaired) electrons. The molecular formula is C21H19Cl2N5O2. The molecule has 2 heterocycles. The highest BCUT2D eigenvalue weighted by Gasteiger charge is 2.44. The second-order valence-electron chi connectivity index (χ2n) is 7.42. The fraction of sp³-hybridized carbons (Fsp3) is 0.190. The summed E-state index contributed by atoms with van der Waals surface area (Å²) in [6, 6.07) is 13.5. The van der Waals surface area contributed by atoms with Crippen LogP contribution in [0.25, 0.3) is 0 Å². The summed E-state index contributed by atoms with van der Waals surface area (Å²) in [6.45, 7) is 4.05. The smallest absolute Gasteiger partial charge is 0.309 e. The second kappa shape index (κ2) is 7.66. The SMILES string of the molecule is CC1(C)c2[nH]nc(NC(=O)c3ccccc3)c2CN1C(=O)Nc1c(Cl)cccc1Cl. The Morgan fingerprint density at radius 3 is 2.37 bits per heavy atom. The van der Waals surface area contributed by atoms with Gasteiger partial charge in [0.1, 0.15) is 0 Å². The maximum absolute atomic E-state index is 13.0. The molecule has 4 rings (SSSR count). The molecule has 0 aliphatic carbocycles. The number of rotatable bonds is 3. The number of aromatic nitrogens is 2. The minimum Gasteiger partial charge on any atom is -0.309 e. The number of carbonyl (C=O) groups excluding carboxylic acids is 2. The molecule has 0 bridgehead atoms. The van der Waals surface area contributed by atoms with E-state index in [1.165, 1.54) is 0 Å². The largest absolute Gasteiger partial charge is 0.323 e. The molecule has 7 nitrogen and oxygen atoms in total. The van der Waals surface area contributed by atoms with Crippen LogP contribution >= 0.6 is 23.2 Å². The second-order valence-corrected chi connectivity index (χ2v) is 8.23. The Morgan fingerprint density at radius 1 is 1.03 bits per heavy atom. The quantitative estimate of drug-likeness (QED) is 0.515. The Morgan fingerprint density at radius 2 is 1.70 bits per heavy atom. The first kappa shape index (κ1) is 20.3. The number of nitrogens with zero attached hydrogens (tertiary/aromatic N) is 2. The summed E-state index contributed by atoms with van der Waals surface area (Å²) in [5, 5.41) is 13.5. The zero-order chi connectivity index (χ0) is 21.5. The van der Waals surface area contributed by atoms with Gasteiger partial charge in [-0.05, 0) is 38.1 Å². The van der Waals surface area contributed by atoms with Crippen LogP contribution in [-0.4, -0.2) is 27.0 Å². The number of amides is 3. The first-order valence-electron chi connectivity index (χ1n) is 9.26. The Hall–Kier alpha value is -3.03. The molecule has 3 amide bonds. The van der Waals surface area contributed by atoms with Crippen molar-refractivity contribution < 1.29 is 9.59 Å². The Bertz CT molecular complexity index is 1110. The number of aromatic amines is 1. The van der Waals surface area contributed by atoms with Gasteiger partial charge in [-0.15, -0.1) is 0 Å². The third-order valence-corrected chi connectivity index (χ3v) is 5.81. The van der Waals surface area contributed by atoms with Gasteiger partial charge in [0.05, 0.1) is 33.5 Å². The van der Waals surface area contributed by atoms with E-state index in [2.05, 4.69) is 20.8 Å².